The lowest BCUT2D eigenvalue weighted by molar-refractivity contribution is -0.192. The van der Waals surface area contributed by atoms with Crippen LogP contribution < -0.4 is 15.0 Å². The Morgan fingerprint density at radius 2 is 1.68 bits per heavy atom. The van der Waals surface area contributed by atoms with E-state index in [1.807, 2.05) is 30.3 Å². The number of rotatable bonds is 10. The van der Waals surface area contributed by atoms with Crippen LogP contribution in [0.5, 0.6) is 5.75 Å². The topological polar surface area (TPSA) is 95.0 Å². The molecule has 1 amide bonds. The highest BCUT2D eigenvalue weighted by atomic mass is 35.5. The van der Waals surface area contributed by atoms with Crippen LogP contribution in [0.2, 0.25) is 10.0 Å². The van der Waals surface area contributed by atoms with Crippen LogP contribution in [-0.2, 0) is 29.1 Å². The molecule has 0 aliphatic carbocycles. The molecule has 2 aliphatic rings. The van der Waals surface area contributed by atoms with Crippen LogP contribution in [0, 0.1) is 0 Å². The van der Waals surface area contributed by atoms with Gasteiger partial charge in [0.15, 0.2) is 5.13 Å². The van der Waals surface area contributed by atoms with E-state index in [9.17, 15) is 18.0 Å². The molecule has 3 heterocycles. The van der Waals surface area contributed by atoms with Crippen molar-refractivity contribution in [2.45, 2.75) is 57.4 Å². The first-order valence-corrected chi connectivity index (χ1v) is 17.8. The third kappa shape index (κ3) is 10.8. The summed E-state index contributed by atoms with van der Waals surface area (Å²) >= 11 is 13.9. The number of piperidine rings is 1. The molecule has 0 atom stereocenters. The van der Waals surface area contributed by atoms with Crippen molar-refractivity contribution in [3.63, 3.8) is 0 Å². The predicted octanol–water partition coefficient (Wildman–Crippen LogP) is 8.25. The predicted molar refractivity (Wildman–Crippen MR) is 190 cm³/mol. The van der Waals surface area contributed by atoms with E-state index in [0.29, 0.717) is 29.5 Å². The average molecular weight is 750 g/mol. The number of nitrogens with one attached hydrogen (secondary N) is 1. The number of alkyl halides is 3. The summed E-state index contributed by atoms with van der Waals surface area (Å²) in [6, 6.07) is 22.8. The van der Waals surface area contributed by atoms with E-state index < -0.39 is 12.1 Å². The number of benzene rings is 3. The fourth-order valence-corrected chi connectivity index (χ4v) is 6.96. The molecule has 266 valence electrons. The molecular weight excluding hydrogens is 712 g/mol. The number of nitrogens with zero attached hydrogens (tertiary/aromatic N) is 3. The summed E-state index contributed by atoms with van der Waals surface area (Å²) in [5.41, 5.74) is 6.06. The Bertz CT molecular complexity index is 1750. The number of likely N-dealkylation sites (tertiary alicyclic amines) is 1. The molecule has 8 nitrogen and oxygen atoms in total. The van der Waals surface area contributed by atoms with Gasteiger partial charge in [-0.15, -0.1) is 11.3 Å². The second-order valence-corrected chi connectivity index (χ2v) is 13.8. The van der Waals surface area contributed by atoms with Gasteiger partial charge in [-0.25, -0.2) is 9.78 Å². The number of carbonyl (C=O) groups excluding carboxylic acids is 1. The van der Waals surface area contributed by atoms with Crippen molar-refractivity contribution in [3.05, 3.63) is 98.8 Å². The van der Waals surface area contributed by atoms with Gasteiger partial charge >= 0.3 is 12.1 Å². The second kappa shape index (κ2) is 17.4. The molecular formula is C36H37Cl2F3N4O4S. The second-order valence-electron chi connectivity index (χ2n) is 12.1. The van der Waals surface area contributed by atoms with Crippen molar-refractivity contribution in [2.24, 2.45) is 0 Å². The molecule has 0 unspecified atom stereocenters. The molecule has 3 aromatic carbocycles. The zero-order valence-corrected chi connectivity index (χ0v) is 29.4. The normalized spacial score (nSPS) is 15.1. The van der Waals surface area contributed by atoms with Crippen LogP contribution in [-0.4, -0.2) is 65.3 Å². The van der Waals surface area contributed by atoms with Crippen LogP contribution >= 0.6 is 34.5 Å². The number of fused-ring (bicyclic) bond motifs is 1. The van der Waals surface area contributed by atoms with E-state index in [2.05, 4.69) is 56.9 Å². The maximum Gasteiger partial charge on any atom is 0.490 e. The summed E-state index contributed by atoms with van der Waals surface area (Å²) in [6.07, 6.45) is -0.993. The Morgan fingerprint density at radius 3 is 2.36 bits per heavy atom. The number of hydrogen-bond acceptors (Lipinski definition) is 7. The van der Waals surface area contributed by atoms with Crippen molar-refractivity contribution in [2.75, 3.05) is 31.1 Å². The van der Waals surface area contributed by atoms with E-state index >= 15 is 0 Å². The van der Waals surface area contributed by atoms with E-state index in [0.717, 1.165) is 79.7 Å². The molecule has 14 heteroatoms. The first-order chi connectivity index (χ1) is 23.9. The average Bonchev–Trinajstić information content (AvgIpc) is 3.60. The van der Waals surface area contributed by atoms with Crippen molar-refractivity contribution in [3.8, 4) is 17.0 Å². The van der Waals surface area contributed by atoms with E-state index in [-0.39, 0.29) is 11.9 Å². The van der Waals surface area contributed by atoms with Gasteiger partial charge in [0.2, 0.25) is 5.91 Å². The zero-order chi connectivity index (χ0) is 35.7. The molecule has 0 radical (unpaired) electrons. The van der Waals surface area contributed by atoms with Gasteiger partial charge in [0.1, 0.15) is 5.75 Å². The van der Waals surface area contributed by atoms with Gasteiger partial charge in [-0.2, -0.15) is 13.2 Å². The van der Waals surface area contributed by atoms with Crippen molar-refractivity contribution >= 4 is 51.5 Å². The lowest BCUT2D eigenvalue weighted by Gasteiger charge is -2.32. The van der Waals surface area contributed by atoms with Crippen LogP contribution in [0.25, 0.3) is 11.3 Å². The SMILES string of the molecule is O=C(CCCOc1ccc(-c2csc(N3CCc4ccccc4C3)n2)cc1)NC1CCN(Cc2ccc(Cl)c(Cl)c2)CC1.O=C(O)C(F)(F)F. The zero-order valence-electron chi connectivity index (χ0n) is 27.1. The van der Waals surface area contributed by atoms with Crippen LogP contribution in [0.4, 0.5) is 18.3 Å². The molecule has 1 saturated heterocycles. The summed E-state index contributed by atoms with van der Waals surface area (Å²) in [4.78, 5) is 31.1. The largest absolute Gasteiger partial charge is 0.494 e. The van der Waals surface area contributed by atoms with Gasteiger partial charge in [-0.1, -0.05) is 53.5 Å². The van der Waals surface area contributed by atoms with E-state index in [1.165, 1.54) is 11.1 Å². The molecule has 1 aromatic heterocycles. The monoisotopic (exact) mass is 748 g/mol. The van der Waals surface area contributed by atoms with Gasteiger partial charge in [-0.3, -0.25) is 9.69 Å². The molecule has 0 bridgehead atoms. The Morgan fingerprint density at radius 1 is 0.980 bits per heavy atom. The standard InChI is InChI=1S/C34H36Cl2N4O2S.C2HF3O2/c35-30-12-7-24(20-31(30)36)21-39-16-14-28(15-17-39)37-33(41)6-3-19-42-29-10-8-26(9-11-29)32-23-43-34(38-32)40-18-13-25-4-1-2-5-27(25)22-40;3-2(4,5)1(6)7/h1-2,4-5,7-12,20,23,28H,3,6,13-19,21-22H2,(H,37,41);(H,6,7). The maximum atomic E-state index is 12.5. The molecule has 6 rings (SSSR count). The Kier molecular flexibility index (Phi) is 13.0. The molecule has 50 heavy (non-hydrogen) atoms. The Balaban J connectivity index is 0.000000630. The lowest BCUT2D eigenvalue weighted by Crippen LogP contribution is -2.44. The number of ether oxygens (including phenoxy) is 1. The van der Waals surface area contributed by atoms with Crippen LogP contribution in [0.15, 0.2) is 72.1 Å². The molecule has 4 aromatic rings. The number of carbonyl (C=O) groups is 2. The van der Waals surface area contributed by atoms with Gasteiger partial charge < -0.3 is 20.1 Å². The van der Waals surface area contributed by atoms with E-state index in [1.54, 1.807) is 11.3 Å². The minimum atomic E-state index is -5.08. The number of thiazole rings is 1. The summed E-state index contributed by atoms with van der Waals surface area (Å²) in [5, 5.41) is 14.7. The number of anilines is 1. The van der Waals surface area contributed by atoms with Gasteiger partial charge in [0.05, 0.1) is 22.3 Å². The summed E-state index contributed by atoms with van der Waals surface area (Å²) < 4.78 is 37.7. The number of aliphatic carboxylic acids is 1. The molecule has 2 aliphatic heterocycles. The quantitative estimate of drug-likeness (QED) is 0.158. The number of hydrogen-bond donors (Lipinski definition) is 2. The van der Waals surface area contributed by atoms with Crippen LogP contribution in [0.3, 0.4) is 0 Å². The third-order valence-corrected chi connectivity index (χ3v) is 10.1. The summed E-state index contributed by atoms with van der Waals surface area (Å²) in [6.45, 7) is 5.14. The smallest absolute Gasteiger partial charge is 0.490 e. The third-order valence-electron chi connectivity index (χ3n) is 8.45. The van der Waals surface area contributed by atoms with Gasteiger partial charge in [-0.05, 0) is 78.8 Å². The van der Waals surface area contributed by atoms with Crippen LogP contribution in [0.1, 0.15) is 42.4 Å². The molecule has 1 fully saturated rings. The highest BCUT2D eigenvalue weighted by molar-refractivity contribution is 7.14. The minimum Gasteiger partial charge on any atom is -0.494 e. The van der Waals surface area contributed by atoms with Crippen molar-refractivity contribution in [1.82, 2.24) is 15.2 Å². The van der Waals surface area contributed by atoms with Crippen molar-refractivity contribution < 1.29 is 32.6 Å². The van der Waals surface area contributed by atoms with Gasteiger partial charge in [0, 0.05) is 56.1 Å². The first-order valence-electron chi connectivity index (χ1n) is 16.2. The Hall–Kier alpha value is -3.84. The summed E-state index contributed by atoms with van der Waals surface area (Å²) in [5.74, 6) is -1.85. The minimum absolute atomic E-state index is 0.0958. The molecule has 0 saturated carbocycles. The lowest BCUT2D eigenvalue weighted by atomic mass is 10.0. The molecule has 2 N–H and O–H groups in total. The van der Waals surface area contributed by atoms with Gasteiger partial charge in [0.25, 0.3) is 0 Å². The fourth-order valence-electron chi connectivity index (χ4n) is 5.78. The number of aromatic nitrogens is 1. The maximum absolute atomic E-state index is 12.5. The summed E-state index contributed by atoms with van der Waals surface area (Å²) in [7, 11) is 0. The fraction of sp³-hybridized carbons (Fsp3) is 0.361. The van der Waals surface area contributed by atoms with Crippen molar-refractivity contribution in [1.29, 1.82) is 0 Å². The first kappa shape index (κ1) is 37.4. The number of carboxylic acids is 1. The molecule has 0 spiro atoms. The highest BCUT2D eigenvalue weighted by Crippen LogP contribution is 2.32. The number of halogens is 5. The number of carboxylic acid groups (broad SMARTS) is 1. The number of amides is 1. The highest BCUT2D eigenvalue weighted by Gasteiger charge is 2.38. The Labute approximate surface area is 302 Å². The van der Waals surface area contributed by atoms with E-state index in [4.69, 9.17) is 42.8 Å².